The summed E-state index contributed by atoms with van der Waals surface area (Å²) in [5.41, 5.74) is 7.89. The molecule has 2 aliphatic heterocycles. The minimum absolute atomic E-state index is 0.00928. The number of carbonyl (C=O) groups is 1. The van der Waals surface area contributed by atoms with Crippen molar-refractivity contribution in [3.05, 3.63) is 40.1 Å². The summed E-state index contributed by atoms with van der Waals surface area (Å²) in [5.74, 6) is 0.303. The highest BCUT2D eigenvalue weighted by molar-refractivity contribution is 6.31. The molecule has 204 valence electrons. The minimum atomic E-state index is -0.560. The smallest absolute Gasteiger partial charge is 0.410 e. The summed E-state index contributed by atoms with van der Waals surface area (Å²) < 4.78 is 29.1. The SMILES string of the molecule is Cc1nn([C@H](C)c2cc(Cl)c(F)c3c2OC(C)CN(C2CN(C(=O)OC(C)(C)C)C2)C3)c2ncnc(N)c12. The number of hydrogen-bond donors (Lipinski definition) is 1. The van der Waals surface area contributed by atoms with Crippen LogP contribution in [0.4, 0.5) is 15.0 Å². The molecule has 12 heteroatoms. The average molecular weight is 546 g/mol. The number of ether oxygens (including phenoxy) is 2. The maximum absolute atomic E-state index is 15.5. The van der Waals surface area contributed by atoms with Crippen LogP contribution < -0.4 is 10.5 Å². The van der Waals surface area contributed by atoms with E-state index >= 15 is 4.39 Å². The highest BCUT2D eigenvalue weighted by Crippen LogP contribution is 2.41. The van der Waals surface area contributed by atoms with Gasteiger partial charge in [-0.1, -0.05) is 11.6 Å². The summed E-state index contributed by atoms with van der Waals surface area (Å²) >= 11 is 6.43. The summed E-state index contributed by atoms with van der Waals surface area (Å²) in [4.78, 5) is 24.7. The molecule has 1 amide bonds. The molecule has 1 aromatic carbocycles. The van der Waals surface area contributed by atoms with E-state index in [1.165, 1.54) is 6.33 Å². The van der Waals surface area contributed by atoms with Crippen molar-refractivity contribution >= 4 is 34.5 Å². The number of aromatic nitrogens is 4. The van der Waals surface area contributed by atoms with Crippen LogP contribution in [0.2, 0.25) is 5.02 Å². The van der Waals surface area contributed by atoms with Crippen molar-refractivity contribution in [2.45, 2.75) is 71.9 Å². The molecule has 2 N–H and O–H groups in total. The lowest BCUT2D eigenvalue weighted by Gasteiger charge is -2.45. The first-order valence-corrected chi connectivity index (χ1v) is 13.1. The third kappa shape index (κ3) is 4.73. The largest absolute Gasteiger partial charge is 0.489 e. The zero-order valence-electron chi connectivity index (χ0n) is 22.5. The Kier molecular flexibility index (Phi) is 6.63. The van der Waals surface area contributed by atoms with E-state index < -0.39 is 11.4 Å². The Bertz CT molecular complexity index is 1400. The maximum Gasteiger partial charge on any atom is 0.410 e. The van der Waals surface area contributed by atoms with Gasteiger partial charge in [0.25, 0.3) is 0 Å². The first kappa shape index (κ1) is 26.4. The molecule has 0 aliphatic carbocycles. The molecule has 0 radical (unpaired) electrons. The summed E-state index contributed by atoms with van der Waals surface area (Å²) in [6.07, 6.45) is 0.827. The average Bonchev–Trinajstić information content (AvgIpc) is 3.02. The number of benzene rings is 1. The Morgan fingerprint density at radius 1 is 1.29 bits per heavy atom. The van der Waals surface area contributed by atoms with E-state index in [0.717, 1.165) is 0 Å². The van der Waals surface area contributed by atoms with Gasteiger partial charge < -0.3 is 20.1 Å². The first-order valence-electron chi connectivity index (χ1n) is 12.7. The second-order valence-corrected chi connectivity index (χ2v) is 11.5. The molecule has 38 heavy (non-hydrogen) atoms. The third-order valence-electron chi connectivity index (χ3n) is 7.01. The van der Waals surface area contributed by atoms with Gasteiger partial charge in [-0.25, -0.2) is 23.8 Å². The van der Waals surface area contributed by atoms with Crippen LogP contribution in [0.3, 0.4) is 0 Å². The number of likely N-dealkylation sites (tertiary alicyclic amines) is 1. The predicted molar refractivity (Wildman–Crippen MR) is 142 cm³/mol. The molecule has 1 unspecified atom stereocenters. The van der Waals surface area contributed by atoms with Gasteiger partial charge in [0, 0.05) is 43.3 Å². The second kappa shape index (κ2) is 9.53. The number of rotatable bonds is 3. The quantitative estimate of drug-likeness (QED) is 0.518. The fourth-order valence-electron chi connectivity index (χ4n) is 5.12. The fraction of sp³-hybridized carbons (Fsp3) is 0.538. The van der Waals surface area contributed by atoms with Crippen LogP contribution in [-0.2, 0) is 11.3 Å². The summed E-state index contributed by atoms with van der Waals surface area (Å²) in [7, 11) is 0. The number of nitrogens with zero attached hydrogens (tertiary/aromatic N) is 6. The Hall–Kier alpha value is -3.18. The van der Waals surface area contributed by atoms with Gasteiger partial charge in [0.2, 0.25) is 0 Å². The van der Waals surface area contributed by atoms with Gasteiger partial charge >= 0.3 is 6.09 Å². The number of carbonyl (C=O) groups excluding carboxylic acids is 1. The van der Waals surface area contributed by atoms with Gasteiger partial charge in [0.05, 0.1) is 22.1 Å². The molecule has 2 atom stereocenters. The number of hydrogen-bond acceptors (Lipinski definition) is 8. The van der Waals surface area contributed by atoms with Gasteiger partial charge in [-0.3, -0.25) is 4.90 Å². The van der Waals surface area contributed by atoms with Gasteiger partial charge in [-0.2, -0.15) is 5.10 Å². The molecular weight excluding hydrogens is 513 g/mol. The van der Waals surface area contributed by atoms with E-state index in [1.54, 1.807) is 15.6 Å². The monoisotopic (exact) mass is 545 g/mol. The Morgan fingerprint density at radius 3 is 2.68 bits per heavy atom. The number of nitrogens with two attached hydrogens (primary N) is 1. The van der Waals surface area contributed by atoms with Crippen LogP contribution in [0, 0.1) is 12.7 Å². The van der Waals surface area contributed by atoms with Crippen molar-refractivity contribution in [3.63, 3.8) is 0 Å². The van der Waals surface area contributed by atoms with Crippen LogP contribution >= 0.6 is 11.6 Å². The Labute approximate surface area is 225 Å². The lowest BCUT2D eigenvalue weighted by atomic mass is 10.0. The normalized spacial score (nSPS) is 19.5. The molecule has 3 aromatic rings. The third-order valence-corrected chi connectivity index (χ3v) is 7.28. The molecule has 10 nitrogen and oxygen atoms in total. The van der Waals surface area contributed by atoms with E-state index in [4.69, 9.17) is 26.8 Å². The van der Waals surface area contributed by atoms with Crippen molar-refractivity contribution < 1.29 is 18.7 Å². The van der Waals surface area contributed by atoms with Crippen LogP contribution in [0.5, 0.6) is 5.75 Å². The van der Waals surface area contributed by atoms with Gasteiger partial charge in [-0.15, -0.1) is 0 Å². The van der Waals surface area contributed by atoms with Crippen LogP contribution in [0.25, 0.3) is 11.0 Å². The number of halogens is 2. The molecule has 1 saturated heterocycles. The number of amides is 1. The number of nitrogen functional groups attached to an aromatic ring is 1. The van der Waals surface area contributed by atoms with Gasteiger partial charge in [0.1, 0.15) is 35.4 Å². The molecular formula is C26H33ClFN7O3. The molecule has 1 fully saturated rings. The van der Waals surface area contributed by atoms with Gasteiger partial charge in [-0.05, 0) is 47.6 Å². The standard InChI is InChI=1S/C26H33ClFN7O3/c1-13-8-33(16-9-34(10-16)25(36)38-26(4,5)6)11-18-21(28)19(27)7-17(22(18)37-13)15(3)35-24-20(14(2)32-35)23(29)30-12-31-24/h7,12-13,15-16H,8-11H2,1-6H3,(H2,29,30,31)/t13?,15-/m1/s1. The van der Waals surface area contributed by atoms with Crippen LogP contribution in [0.15, 0.2) is 12.4 Å². The number of aryl methyl sites for hydroxylation is 1. The van der Waals surface area contributed by atoms with E-state index in [9.17, 15) is 4.79 Å². The van der Waals surface area contributed by atoms with Crippen molar-refractivity contribution in [2.75, 3.05) is 25.4 Å². The van der Waals surface area contributed by atoms with Crippen molar-refractivity contribution in [2.24, 2.45) is 0 Å². The van der Waals surface area contributed by atoms with Gasteiger partial charge in [0.15, 0.2) is 5.65 Å². The maximum atomic E-state index is 15.5. The van der Waals surface area contributed by atoms with E-state index in [2.05, 4.69) is 20.0 Å². The summed E-state index contributed by atoms with van der Waals surface area (Å²) in [6, 6.07) is 1.28. The molecule has 2 aromatic heterocycles. The summed E-state index contributed by atoms with van der Waals surface area (Å²) in [5, 5.41) is 5.36. The highest BCUT2D eigenvalue weighted by atomic mass is 35.5. The lowest BCUT2D eigenvalue weighted by molar-refractivity contribution is -0.0207. The van der Waals surface area contributed by atoms with Crippen molar-refractivity contribution in [3.8, 4) is 5.75 Å². The van der Waals surface area contributed by atoms with E-state index in [0.29, 0.717) is 65.6 Å². The molecule has 0 bridgehead atoms. The second-order valence-electron chi connectivity index (χ2n) is 11.1. The van der Waals surface area contributed by atoms with E-state index in [-0.39, 0.29) is 29.3 Å². The zero-order chi connectivity index (χ0) is 27.5. The summed E-state index contributed by atoms with van der Waals surface area (Å²) in [6.45, 7) is 13.1. The zero-order valence-corrected chi connectivity index (χ0v) is 23.2. The van der Waals surface area contributed by atoms with Crippen molar-refractivity contribution in [1.82, 2.24) is 29.5 Å². The lowest BCUT2D eigenvalue weighted by Crippen LogP contribution is -2.62. The predicted octanol–water partition coefficient (Wildman–Crippen LogP) is 4.32. The number of anilines is 1. The Morgan fingerprint density at radius 2 is 2.00 bits per heavy atom. The highest BCUT2D eigenvalue weighted by Gasteiger charge is 2.40. The first-order chi connectivity index (χ1) is 17.8. The fourth-order valence-corrected chi connectivity index (χ4v) is 5.35. The van der Waals surface area contributed by atoms with Crippen molar-refractivity contribution in [1.29, 1.82) is 0 Å². The van der Waals surface area contributed by atoms with Crippen LogP contribution in [-0.4, -0.2) is 73.0 Å². The van der Waals surface area contributed by atoms with E-state index in [1.807, 2.05) is 41.5 Å². The Balaban J connectivity index is 1.46. The van der Waals surface area contributed by atoms with Crippen LogP contribution in [0.1, 0.15) is 57.5 Å². The molecule has 4 heterocycles. The molecule has 0 spiro atoms. The minimum Gasteiger partial charge on any atom is -0.489 e. The number of fused-ring (bicyclic) bond motifs is 2. The topological polar surface area (TPSA) is 112 Å². The molecule has 0 saturated carbocycles. The molecule has 2 aliphatic rings. The molecule has 5 rings (SSSR count).